The van der Waals surface area contributed by atoms with Gasteiger partial charge in [-0.15, -0.1) is 0 Å². The van der Waals surface area contributed by atoms with E-state index in [0.717, 1.165) is 0 Å². The van der Waals surface area contributed by atoms with Gasteiger partial charge in [0.05, 0.1) is 7.11 Å². The summed E-state index contributed by atoms with van der Waals surface area (Å²) in [5.41, 5.74) is 0.232. The number of hydrogen-bond donors (Lipinski definition) is 0. The van der Waals surface area contributed by atoms with Crippen LogP contribution in [0.3, 0.4) is 0 Å². The number of ether oxygens (including phenoxy) is 1. The van der Waals surface area contributed by atoms with Gasteiger partial charge in [-0.05, 0) is 24.0 Å². The molecule has 0 aliphatic carbocycles. The fourth-order valence-electron chi connectivity index (χ4n) is 2.01. The fraction of sp³-hybridized carbons (Fsp3) is 0.533. The van der Waals surface area contributed by atoms with E-state index < -0.39 is 0 Å². The molecule has 0 unspecified atom stereocenters. The average molecular weight is 263 g/mol. The Morgan fingerprint density at radius 1 is 1.32 bits per heavy atom. The van der Waals surface area contributed by atoms with Gasteiger partial charge in [-0.1, -0.05) is 26.8 Å². The number of hydrogen-bond acceptors (Lipinski definition) is 4. The van der Waals surface area contributed by atoms with Crippen molar-refractivity contribution in [2.24, 2.45) is 11.3 Å². The SMILES string of the molecule is COC(=O)CC[C@@H](C(=O)c1ccccn1)C(C)(C)C. The Morgan fingerprint density at radius 2 is 2.00 bits per heavy atom. The molecule has 0 saturated heterocycles. The molecule has 1 atom stereocenters. The van der Waals surface area contributed by atoms with Crippen molar-refractivity contribution in [2.75, 3.05) is 7.11 Å². The van der Waals surface area contributed by atoms with Crippen LogP contribution in [-0.4, -0.2) is 23.8 Å². The average Bonchev–Trinajstić information content (AvgIpc) is 2.37. The van der Waals surface area contributed by atoms with E-state index in [-0.39, 0.29) is 29.5 Å². The van der Waals surface area contributed by atoms with Gasteiger partial charge in [0, 0.05) is 18.5 Å². The van der Waals surface area contributed by atoms with Crippen molar-refractivity contribution in [2.45, 2.75) is 33.6 Å². The number of Topliss-reactive ketones (excluding diaryl/α,β-unsaturated/α-hetero) is 1. The zero-order chi connectivity index (χ0) is 14.5. The molecule has 19 heavy (non-hydrogen) atoms. The molecule has 0 fully saturated rings. The van der Waals surface area contributed by atoms with Gasteiger partial charge in [0.2, 0.25) is 0 Å². The molecule has 1 heterocycles. The van der Waals surface area contributed by atoms with Crippen LogP contribution in [0.25, 0.3) is 0 Å². The Morgan fingerprint density at radius 3 is 2.47 bits per heavy atom. The van der Waals surface area contributed by atoms with Crippen molar-refractivity contribution in [3.63, 3.8) is 0 Å². The van der Waals surface area contributed by atoms with Gasteiger partial charge in [-0.3, -0.25) is 14.6 Å². The Kier molecular flexibility index (Phi) is 5.21. The van der Waals surface area contributed by atoms with Crippen molar-refractivity contribution in [1.82, 2.24) is 4.98 Å². The highest BCUT2D eigenvalue weighted by molar-refractivity contribution is 5.96. The molecule has 0 spiro atoms. The monoisotopic (exact) mass is 263 g/mol. The van der Waals surface area contributed by atoms with Gasteiger partial charge < -0.3 is 4.74 Å². The van der Waals surface area contributed by atoms with Crippen LogP contribution in [0, 0.1) is 11.3 Å². The number of carbonyl (C=O) groups is 2. The number of aromatic nitrogens is 1. The minimum Gasteiger partial charge on any atom is -0.469 e. The fourth-order valence-corrected chi connectivity index (χ4v) is 2.01. The predicted molar refractivity (Wildman–Crippen MR) is 72.8 cm³/mol. The minimum atomic E-state index is -0.289. The maximum absolute atomic E-state index is 12.5. The molecule has 0 aliphatic heterocycles. The lowest BCUT2D eigenvalue weighted by Crippen LogP contribution is -2.30. The van der Waals surface area contributed by atoms with Crippen molar-refractivity contribution in [3.05, 3.63) is 30.1 Å². The van der Waals surface area contributed by atoms with Gasteiger partial charge in [-0.2, -0.15) is 0 Å². The Labute approximate surface area is 114 Å². The molecule has 1 aromatic rings. The van der Waals surface area contributed by atoms with E-state index in [2.05, 4.69) is 9.72 Å². The van der Waals surface area contributed by atoms with Crippen LogP contribution in [0.1, 0.15) is 44.1 Å². The largest absolute Gasteiger partial charge is 0.469 e. The summed E-state index contributed by atoms with van der Waals surface area (Å²) in [5, 5.41) is 0. The molecule has 4 nitrogen and oxygen atoms in total. The van der Waals surface area contributed by atoms with Crippen LogP contribution in [-0.2, 0) is 9.53 Å². The highest BCUT2D eigenvalue weighted by atomic mass is 16.5. The molecule has 4 heteroatoms. The summed E-state index contributed by atoms with van der Waals surface area (Å²) in [6.07, 6.45) is 2.33. The first kappa shape index (κ1) is 15.3. The molecular weight excluding hydrogens is 242 g/mol. The molecule has 0 N–H and O–H groups in total. The summed E-state index contributed by atoms with van der Waals surface area (Å²) in [7, 11) is 1.36. The highest BCUT2D eigenvalue weighted by Crippen LogP contribution is 2.32. The van der Waals surface area contributed by atoms with Crippen molar-refractivity contribution < 1.29 is 14.3 Å². The summed E-state index contributed by atoms with van der Waals surface area (Å²) >= 11 is 0. The van der Waals surface area contributed by atoms with E-state index in [1.165, 1.54) is 7.11 Å². The lowest BCUT2D eigenvalue weighted by molar-refractivity contribution is -0.141. The lowest BCUT2D eigenvalue weighted by Gasteiger charge is -2.29. The Bertz CT molecular complexity index is 434. The van der Waals surface area contributed by atoms with Crippen molar-refractivity contribution >= 4 is 11.8 Å². The van der Waals surface area contributed by atoms with Gasteiger partial charge in [0.1, 0.15) is 5.69 Å². The molecule has 1 rings (SSSR count). The zero-order valence-electron chi connectivity index (χ0n) is 12.0. The molecule has 1 aromatic heterocycles. The molecule has 0 bridgehead atoms. The molecule has 0 saturated carbocycles. The predicted octanol–water partition coefficient (Wildman–Crippen LogP) is 2.88. The standard InChI is InChI=1S/C15H21NO3/c1-15(2,3)11(8-9-13(17)19-4)14(18)12-7-5-6-10-16-12/h5-7,10-11H,8-9H2,1-4H3/t11-/m0/s1. The summed E-state index contributed by atoms with van der Waals surface area (Å²) in [5.74, 6) is -0.554. The van der Waals surface area contributed by atoms with E-state index in [1.807, 2.05) is 20.8 Å². The maximum atomic E-state index is 12.5. The number of carbonyl (C=O) groups excluding carboxylic acids is 2. The van der Waals surface area contributed by atoms with Crippen LogP contribution in [0.5, 0.6) is 0 Å². The zero-order valence-corrected chi connectivity index (χ0v) is 12.0. The van der Waals surface area contributed by atoms with E-state index in [9.17, 15) is 9.59 Å². The third-order valence-corrected chi connectivity index (χ3v) is 3.14. The molecule has 0 amide bonds. The van der Waals surface area contributed by atoms with E-state index in [0.29, 0.717) is 12.1 Å². The van der Waals surface area contributed by atoms with Gasteiger partial charge in [-0.25, -0.2) is 0 Å². The number of ketones is 1. The van der Waals surface area contributed by atoms with Crippen LogP contribution in [0.4, 0.5) is 0 Å². The molecule has 0 radical (unpaired) electrons. The van der Waals surface area contributed by atoms with E-state index >= 15 is 0 Å². The second-order valence-corrected chi connectivity index (χ2v) is 5.61. The normalized spacial score (nSPS) is 12.8. The maximum Gasteiger partial charge on any atom is 0.305 e. The second kappa shape index (κ2) is 6.45. The number of nitrogens with zero attached hydrogens (tertiary/aromatic N) is 1. The first-order valence-corrected chi connectivity index (χ1v) is 6.38. The summed E-state index contributed by atoms with van der Waals surface area (Å²) in [6.45, 7) is 5.99. The number of methoxy groups -OCH3 is 1. The Hall–Kier alpha value is -1.71. The topological polar surface area (TPSA) is 56.3 Å². The number of rotatable bonds is 5. The van der Waals surface area contributed by atoms with Crippen LogP contribution < -0.4 is 0 Å². The smallest absolute Gasteiger partial charge is 0.305 e. The quantitative estimate of drug-likeness (QED) is 0.605. The third kappa shape index (κ3) is 4.47. The first-order valence-electron chi connectivity index (χ1n) is 6.38. The minimum absolute atomic E-state index is 0.0167. The van der Waals surface area contributed by atoms with Crippen molar-refractivity contribution in [3.8, 4) is 0 Å². The van der Waals surface area contributed by atoms with Gasteiger partial charge in [0.15, 0.2) is 5.78 Å². The van der Waals surface area contributed by atoms with Crippen molar-refractivity contribution in [1.29, 1.82) is 0 Å². The first-order chi connectivity index (χ1) is 8.86. The summed E-state index contributed by atoms with van der Waals surface area (Å²) in [6, 6.07) is 5.27. The Balaban J connectivity index is 2.86. The third-order valence-electron chi connectivity index (χ3n) is 3.14. The molecule has 0 aliphatic rings. The molecular formula is C15H21NO3. The lowest BCUT2D eigenvalue weighted by atomic mass is 9.75. The van der Waals surface area contributed by atoms with Crippen LogP contribution in [0.15, 0.2) is 24.4 Å². The van der Waals surface area contributed by atoms with Gasteiger partial charge in [0.25, 0.3) is 0 Å². The number of esters is 1. The van der Waals surface area contributed by atoms with Gasteiger partial charge >= 0.3 is 5.97 Å². The van der Waals surface area contributed by atoms with Crippen LogP contribution >= 0.6 is 0 Å². The molecule has 104 valence electrons. The van der Waals surface area contributed by atoms with E-state index in [4.69, 9.17) is 0 Å². The molecule has 0 aromatic carbocycles. The number of pyridine rings is 1. The van der Waals surface area contributed by atoms with E-state index in [1.54, 1.807) is 24.4 Å². The second-order valence-electron chi connectivity index (χ2n) is 5.61. The van der Waals surface area contributed by atoms with Crippen LogP contribution in [0.2, 0.25) is 0 Å². The highest BCUT2D eigenvalue weighted by Gasteiger charge is 2.32. The summed E-state index contributed by atoms with van der Waals surface area (Å²) in [4.78, 5) is 27.8. The summed E-state index contributed by atoms with van der Waals surface area (Å²) < 4.78 is 4.63.